The van der Waals surface area contributed by atoms with Gasteiger partial charge in [-0.3, -0.25) is 14.9 Å². The molecule has 0 spiro atoms. The molecule has 1 heterocycles. The van der Waals surface area contributed by atoms with Crippen molar-refractivity contribution in [2.45, 2.75) is 25.9 Å². The summed E-state index contributed by atoms with van der Waals surface area (Å²) in [6, 6.07) is 0.163. The molecule has 1 atom stereocenters. The van der Waals surface area contributed by atoms with Gasteiger partial charge in [0, 0.05) is 25.7 Å². The lowest BCUT2D eigenvalue weighted by molar-refractivity contribution is -0.126. The first kappa shape index (κ1) is 13.9. The molecule has 2 amide bonds. The maximum atomic E-state index is 11.7. The van der Waals surface area contributed by atoms with Crippen molar-refractivity contribution < 1.29 is 9.59 Å². The van der Waals surface area contributed by atoms with Gasteiger partial charge in [0.2, 0.25) is 11.8 Å². The molecular formula is C11H22N4O2. The van der Waals surface area contributed by atoms with Crippen molar-refractivity contribution in [2.24, 2.45) is 0 Å². The Bertz CT molecular complexity index is 271. The molecule has 6 nitrogen and oxygen atoms in total. The largest absolute Gasteiger partial charge is 0.353 e. The minimum Gasteiger partial charge on any atom is -0.353 e. The molecule has 0 aromatic rings. The van der Waals surface area contributed by atoms with E-state index in [1.165, 1.54) is 0 Å². The number of carbonyl (C=O) groups excluding carboxylic acids is 2. The number of nitrogens with zero attached hydrogens (tertiary/aromatic N) is 1. The first-order valence-electron chi connectivity index (χ1n) is 5.98. The van der Waals surface area contributed by atoms with E-state index in [0.717, 1.165) is 6.54 Å². The molecule has 1 aliphatic heterocycles. The molecule has 1 unspecified atom stereocenters. The molecule has 0 radical (unpaired) electrons. The van der Waals surface area contributed by atoms with E-state index in [9.17, 15) is 9.59 Å². The van der Waals surface area contributed by atoms with Gasteiger partial charge in [-0.15, -0.1) is 0 Å². The summed E-state index contributed by atoms with van der Waals surface area (Å²) in [5.74, 6) is -0.115. The van der Waals surface area contributed by atoms with Crippen LogP contribution in [-0.2, 0) is 9.59 Å². The van der Waals surface area contributed by atoms with Gasteiger partial charge in [0.15, 0.2) is 0 Å². The van der Waals surface area contributed by atoms with Gasteiger partial charge < -0.3 is 15.5 Å². The highest BCUT2D eigenvalue weighted by Gasteiger charge is 2.23. The number of hydrogen-bond donors (Lipinski definition) is 3. The summed E-state index contributed by atoms with van der Waals surface area (Å²) in [7, 11) is 2.02. The Morgan fingerprint density at radius 1 is 1.59 bits per heavy atom. The van der Waals surface area contributed by atoms with Crippen molar-refractivity contribution in [3.05, 3.63) is 0 Å². The van der Waals surface area contributed by atoms with E-state index in [2.05, 4.69) is 34.7 Å². The standard InChI is InChI=1S/C11H22N4O2/c1-8(2)15(3)5-4-12-11(17)9-6-14-10(16)7-13-9/h8-9,13H,4-7H2,1-3H3,(H,12,17)(H,14,16). The van der Waals surface area contributed by atoms with Crippen LogP contribution in [0.4, 0.5) is 0 Å². The Balaban J connectivity index is 2.19. The summed E-state index contributed by atoms with van der Waals surface area (Å²) in [6.07, 6.45) is 0. The molecule has 0 aromatic carbocycles. The van der Waals surface area contributed by atoms with Crippen LogP contribution in [0.1, 0.15) is 13.8 Å². The summed E-state index contributed by atoms with van der Waals surface area (Å²) in [6.45, 7) is 6.25. The van der Waals surface area contributed by atoms with Gasteiger partial charge in [-0.2, -0.15) is 0 Å². The predicted octanol–water partition coefficient (Wildman–Crippen LogP) is -1.47. The predicted molar refractivity (Wildman–Crippen MR) is 65.6 cm³/mol. The van der Waals surface area contributed by atoms with E-state index >= 15 is 0 Å². The van der Waals surface area contributed by atoms with Crippen LogP contribution in [0.3, 0.4) is 0 Å². The molecule has 1 saturated heterocycles. The Hall–Kier alpha value is -1.14. The van der Waals surface area contributed by atoms with Gasteiger partial charge in [0.25, 0.3) is 0 Å². The summed E-state index contributed by atoms with van der Waals surface area (Å²) in [5.41, 5.74) is 0. The van der Waals surface area contributed by atoms with Gasteiger partial charge in [0.1, 0.15) is 6.04 Å². The summed E-state index contributed by atoms with van der Waals surface area (Å²) in [5, 5.41) is 8.41. The molecule has 0 aliphatic carbocycles. The highest BCUT2D eigenvalue weighted by Crippen LogP contribution is 1.92. The minimum absolute atomic E-state index is 0.0536. The first-order valence-corrected chi connectivity index (χ1v) is 5.98. The van der Waals surface area contributed by atoms with Crippen molar-refractivity contribution in [3.8, 4) is 0 Å². The van der Waals surface area contributed by atoms with Crippen molar-refractivity contribution in [2.75, 3.05) is 33.2 Å². The van der Waals surface area contributed by atoms with E-state index in [1.807, 2.05) is 7.05 Å². The zero-order valence-corrected chi connectivity index (χ0v) is 10.7. The van der Waals surface area contributed by atoms with Crippen LogP contribution in [0.2, 0.25) is 0 Å². The zero-order chi connectivity index (χ0) is 12.8. The van der Waals surface area contributed by atoms with Crippen molar-refractivity contribution >= 4 is 11.8 Å². The fraction of sp³-hybridized carbons (Fsp3) is 0.818. The van der Waals surface area contributed by atoms with Crippen molar-refractivity contribution in [3.63, 3.8) is 0 Å². The Morgan fingerprint density at radius 2 is 2.29 bits per heavy atom. The maximum Gasteiger partial charge on any atom is 0.239 e. The second-order valence-electron chi connectivity index (χ2n) is 4.60. The smallest absolute Gasteiger partial charge is 0.239 e. The third-order valence-corrected chi connectivity index (χ3v) is 2.97. The summed E-state index contributed by atoms with van der Waals surface area (Å²) in [4.78, 5) is 24.8. The first-order chi connectivity index (χ1) is 8.00. The lowest BCUT2D eigenvalue weighted by Crippen LogP contribution is -2.58. The van der Waals surface area contributed by atoms with Crippen LogP contribution in [-0.4, -0.2) is 62.0 Å². The number of rotatable bonds is 5. The average molecular weight is 242 g/mol. The second kappa shape index (κ2) is 6.56. The Morgan fingerprint density at radius 3 is 2.82 bits per heavy atom. The average Bonchev–Trinajstić information content (AvgIpc) is 2.29. The van der Waals surface area contributed by atoms with Crippen LogP contribution in [0.5, 0.6) is 0 Å². The van der Waals surface area contributed by atoms with Gasteiger partial charge in [-0.25, -0.2) is 0 Å². The minimum atomic E-state index is -0.308. The SMILES string of the molecule is CC(C)N(C)CCNC(=O)C1CNC(=O)CN1. The fourth-order valence-electron chi connectivity index (χ4n) is 1.49. The Kier molecular flexibility index (Phi) is 5.37. The van der Waals surface area contributed by atoms with Gasteiger partial charge in [-0.1, -0.05) is 0 Å². The molecule has 0 saturated carbocycles. The molecule has 3 N–H and O–H groups in total. The monoisotopic (exact) mass is 242 g/mol. The molecule has 0 bridgehead atoms. The summed E-state index contributed by atoms with van der Waals surface area (Å²) >= 11 is 0. The lowest BCUT2D eigenvalue weighted by atomic mass is 10.2. The highest BCUT2D eigenvalue weighted by atomic mass is 16.2. The van der Waals surface area contributed by atoms with E-state index < -0.39 is 0 Å². The molecule has 1 fully saturated rings. The molecule has 17 heavy (non-hydrogen) atoms. The molecule has 0 aromatic heterocycles. The van der Waals surface area contributed by atoms with E-state index in [1.54, 1.807) is 0 Å². The van der Waals surface area contributed by atoms with Gasteiger partial charge >= 0.3 is 0 Å². The number of piperazine rings is 1. The second-order valence-corrected chi connectivity index (χ2v) is 4.60. The quantitative estimate of drug-likeness (QED) is 0.550. The highest BCUT2D eigenvalue weighted by molar-refractivity contribution is 5.86. The van der Waals surface area contributed by atoms with Crippen molar-refractivity contribution in [1.29, 1.82) is 0 Å². The molecule has 1 rings (SSSR count). The topological polar surface area (TPSA) is 73.5 Å². The van der Waals surface area contributed by atoms with E-state index in [4.69, 9.17) is 0 Å². The van der Waals surface area contributed by atoms with Crippen LogP contribution >= 0.6 is 0 Å². The summed E-state index contributed by atoms with van der Waals surface area (Å²) < 4.78 is 0. The third kappa shape index (κ3) is 4.70. The number of hydrogen-bond acceptors (Lipinski definition) is 4. The lowest BCUT2D eigenvalue weighted by Gasteiger charge is -2.24. The van der Waals surface area contributed by atoms with Gasteiger partial charge in [-0.05, 0) is 20.9 Å². The fourth-order valence-corrected chi connectivity index (χ4v) is 1.49. The van der Waals surface area contributed by atoms with E-state index in [0.29, 0.717) is 19.1 Å². The van der Waals surface area contributed by atoms with Crippen molar-refractivity contribution in [1.82, 2.24) is 20.9 Å². The van der Waals surface area contributed by atoms with Crippen LogP contribution in [0.25, 0.3) is 0 Å². The Labute approximate surface area is 102 Å². The number of likely N-dealkylation sites (N-methyl/N-ethyl adjacent to an activating group) is 1. The van der Waals surface area contributed by atoms with Crippen LogP contribution < -0.4 is 16.0 Å². The van der Waals surface area contributed by atoms with E-state index in [-0.39, 0.29) is 24.4 Å². The molecule has 98 valence electrons. The molecule has 1 aliphatic rings. The maximum absolute atomic E-state index is 11.7. The van der Waals surface area contributed by atoms with Crippen LogP contribution in [0.15, 0.2) is 0 Å². The number of nitrogens with one attached hydrogen (secondary N) is 3. The van der Waals surface area contributed by atoms with Gasteiger partial charge in [0.05, 0.1) is 6.54 Å². The zero-order valence-electron chi connectivity index (χ0n) is 10.7. The third-order valence-electron chi connectivity index (χ3n) is 2.97. The number of carbonyl (C=O) groups is 2. The molecule has 6 heteroatoms. The molecular weight excluding hydrogens is 220 g/mol. The number of amides is 2. The van der Waals surface area contributed by atoms with Crippen LogP contribution in [0, 0.1) is 0 Å². The normalized spacial score (nSPS) is 20.5.